The highest BCUT2D eigenvalue weighted by molar-refractivity contribution is 5.81. The molecule has 1 aliphatic heterocycles. The molecule has 0 saturated carbocycles. The molecule has 24 heavy (non-hydrogen) atoms. The monoisotopic (exact) mass is 329 g/mol. The van der Waals surface area contributed by atoms with Gasteiger partial charge < -0.3 is 9.64 Å². The van der Waals surface area contributed by atoms with E-state index in [9.17, 15) is 14.4 Å². The number of hydrogen-bond acceptors (Lipinski definition) is 5. The predicted molar refractivity (Wildman–Crippen MR) is 87.4 cm³/mol. The largest absolute Gasteiger partial charge is 0.454 e. The Morgan fingerprint density at radius 1 is 1.12 bits per heavy atom. The number of nitrogens with zero attached hydrogens (tertiary/aromatic N) is 3. The zero-order valence-corrected chi connectivity index (χ0v) is 13.3. The normalized spacial score (nSPS) is 14.6. The van der Waals surface area contributed by atoms with E-state index in [1.54, 1.807) is 29.2 Å². The molecule has 1 aliphatic rings. The van der Waals surface area contributed by atoms with E-state index < -0.39 is 5.97 Å². The molecule has 0 spiro atoms. The van der Waals surface area contributed by atoms with Crippen LogP contribution >= 0.6 is 0 Å². The number of likely N-dealkylation sites (tertiary alicyclic amines) is 1. The van der Waals surface area contributed by atoms with Gasteiger partial charge in [-0.15, -0.1) is 0 Å². The van der Waals surface area contributed by atoms with Crippen molar-refractivity contribution in [2.75, 3.05) is 19.7 Å². The maximum absolute atomic E-state index is 12.3. The first-order valence-corrected chi connectivity index (χ1v) is 8.03. The Hall–Kier alpha value is -2.70. The topological polar surface area (TPSA) is 81.5 Å². The van der Waals surface area contributed by atoms with Crippen molar-refractivity contribution in [3.8, 4) is 0 Å². The SMILES string of the molecule is O=C(Cn1cnc2ccccc2c1=O)OCC(=O)N1CCCCC1. The molecule has 7 nitrogen and oxygen atoms in total. The summed E-state index contributed by atoms with van der Waals surface area (Å²) in [5.41, 5.74) is 0.271. The van der Waals surface area contributed by atoms with Gasteiger partial charge in [0.15, 0.2) is 6.61 Å². The molecule has 2 heterocycles. The molecule has 126 valence electrons. The van der Waals surface area contributed by atoms with Gasteiger partial charge >= 0.3 is 5.97 Å². The second kappa shape index (κ2) is 7.25. The van der Waals surface area contributed by atoms with Crippen molar-refractivity contribution >= 4 is 22.8 Å². The lowest BCUT2D eigenvalue weighted by Gasteiger charge is -2.26. The van der Waals surface area contributed by atoms with Gasteiger partial charge in [0.1, 0.15) is 6.54 Å². The van der Waals surface area contributed by atoms with Crippen LogP contribution in [-0.2, 0) is 20.9 Å². The second-order valence-corrected chi connectivity index (χ2v) is 5.80. The van der Waals surface area contributed by atoms with Crippen LogP contribution in [0.3, 0.4) is 0 Å². The molecule has 0 bridgehead atoms. The zero-order chi connectivity index (χ0) is 16.9. The fraction of sp³-hybridized carbons (Fsp3) is 0.412. The third-order valence-corrected chi connectivity index (χ3v) is 4.10. The molecule has 0 radical (unpaired) electrons. The highest BCUT2D eigenvalue weighted by atomic mass is 16.5. The van der Waals surface area contributed by atoms with Crippen LogP contribution in [0.5, 0.6) is 0 Å². The number of carbonyl (C=O) groups is 2. The average molecular weight is 329 g/mol. The number of para-hydroxylation sites is 1. The van der Waals surface area contributed by atoms with Crippen molar-refractivity contribution in [2.24, 2.45) is 0 Å². The third-order valence-electron chi connectivity index (χ3n) is 4.10. The van der Waals surface area contributed by atoms with Crippen molar-refractivity contribution in [1.29, 1.82) is 0 Å². The Morgan fingerprint density at radius 3 is 2.67 bits per heavy atom. The summed E-state index contributed by atoms with van der Waals surface area (Å²) in [7, 11) is 0. The first-order chi connectivity index (χ1) is 11.6. The smallest absolute Gasteiger partial charge is 0.326 e. The van der Waals surface area contributed by atoms with Crippen molar-refractivity contribution in [3.05, 3.63) is 40.9 Å². The molecular weight excluding hydrogens is 310 g/mol. The molecular formula is C17H19N3O4. The summed E-state index contributed by atoms with van der Waals surface area (Å²) >= 11 is 0. The lowest BCUT2D eigenvalue weighted by molar-refractivity contribution is -0.152. The summed E-state index contributed by atoms with van der Waals surface area (Å²) in [4.78, 5) is 42.0. The van der Waals surface area contributed by atoms with E-state index in [-0.39, 0.29) is 24.6 Å². The Bertz CT molecular complexity index is 809. The summed E-state index contributed by atoms with van der Waals surface area (Å²) in [6.45, 7) is 0.882. The number of benzene rings is 1. The fourth-order valence-corrected chi connectivity index (χ4v) is 2.78. The number of amides is 1. The molecule has 1 fully saturated rings. The van der Waals surface area contributed by atoms with Gasteiger partial charge in [0.05, 0.1) is 17.2 Å². The summed E-state index contributed by atoms with van der Waals surface area (Å²) in [6, 6.07) is 6.92. The van der Waals surface area contributed by atoms with E-state index in [1.165, 1.54) is 10.9 Å². The fourth-order valence-electron chi connectivity index (χ4n) is 2.78. The van der Waals surface area contributed by atoms with Crippen LogP contribution in [0.4, 0.5) is 0 Å². The van der Waals surface area contributed by atoms with Gasteiger partial charge in [0.25, 0.3) is 11.5 Å². The van der Waals surface area contributed by atoms with Gasteiger partial charge in [-0.05, 0) is 31.4 Å². The maximum atomic E-state index is 12.3. The molecule has 7 heteroatoms. The number of fused-ring (bicyclic) bond motifs is 1. The highest BCUT2D eigenvalue weighted by Crippen LogP contribution is 2.09. The zero-order valence-electron chi connectivity index (χ0n) is 13.3. The molecule has 1 aromatic carbocycles. The minimum absolute atomic E-state index is 0.188. The van der Waals surface area contributed by atoms with Gasteiger partial charge in [-0.2, -0.15) is 0 Å². The number of piperidine rings is 1. The molecule has 0 N–H and O–H groups in total. The van der Waals surface area contributed by atoms with Crippen LogP contribution in [0.2, 0.25) is 0 Å². The number of hydrogen-bond donors (Lipinski definition) is 0. The molecule has 1 amide bonds. The first-order valence-electron chi connectivity index (χ1n) is 8.03. The lowest BCUT2D eigenvalue weighted by Crippen LogP contribution is -2.38. The molecule has 1 saturated heterocycles. The molecule has 2 aromatic rings. The van der Waals surface area contributed by atoms with Gasteiger partial charge in [-0.25, -0.2) is 4.98 Å². The minimum atomic E-state index is -0.625. The summed E-state index contributed by atoms with van der Waals surface area (Å²) in [5, 5.41) is 0.442. The van der Waals surface area contributed by atoms with Crippen molar-refractivity contribution in [1.82, 2.24) is 14.5 Å². The maximum Gasteiger partial charge on any atom is 0.326 e. The summed E-state index contributed by atoms with van der Waals surface area (Å²) in [6.07, 6.45) is 4.41. The van der Waals surface area contributed by atoms with Gasteiger partial charge in [0, 0.05) is 13.1 Å². The molecule has 3 rings (SSSR count). The molecule has 0 aliphatic carbocycles. The van der Waals surface area contributed by atoms with Gasteiger partial charge in [-0.1, -0.05) is 12.1 Å². The van der Waals surface area contributed by atoms with Crippen LogP contribution in [0.15, 0.2) is 35.4 Å². The van der Waals surface area contributed by atoms with Crippen molar-refractivity contribution in [3.63, 3.8) is 0 Å². The number of aromatic nitrogens is 2. The Morgan fingerprint density at radius 2 is 1.88 bits per heavy atom. The van der Waals surface area contributed by atoms with Crippen LogP contribution in [0.25, 0.3) is 10.9 Å². The minimum Gasteiger partial charge on any atom is -0.454 e. The van der Waals surface area contributed by atoms with Crippen LogP contribution in [0, 0.1) is 0 Å². The molecule has 1 aromatic heterocycles. The first kappa shape index (κ1) is 16.2. The van der Waals surface area contributed by atoms with Crippen molar-refractivity contribution < 1.29 is 14.3 Å². The van der Waals surface area contributed by atoms with Crippen molar-refractivity contribution in [2.45, 2.75) is 25.8 Å². The Labute approximate surface area is 138 Å². The quantitative estimate of drug-likeness (QED) is 0.780. The molecule has 0 atom stereocenters. The van der Waals surface area contributed by atoms with E-state index in [4.69, 9.17) is 4.74 Å². The number of carbonyl (C=O) groups excluding carboxylic acids is 2. The Balaban J connectivity index is 1.60. The number of esters is 1. The summed E-state index contributed by atoms with van der Waals surface area (Å²) < 4.78 is 6.20. The van der Waals surface area contributed by atoms with E-state index in [1.807, 2.05) is 0 Å². The van der Waals surface area contributed by atoms with E-state index in [0.717, 1.165) is 19.3 Å². The summed E-state index contributed by atoms with van der Waals surface area (Å²) in [5.74, 6) is -0.813. The molecule has 0 unspecified atom stereocenters. The average Bonchev–Trinajstić information content (AvgIpc) is 2.63. The lowest BCUT2D eigenvalue weighted by atomic mass is 10.1. The van der Waals surface area contributed by atoms with E-state index >= 15 is 0 Å². The van der Waals surface area contributed by atoms with E-state index in [2.05, 4.69) is 4.98 Å². The number of ether oxygens (including phenoxy) is 1. The van der Waals surface area contributed by atoms with Gasteiger partial charge in [-0.3, -0.25) is 19.0 Å². The third kappa shape index (κ3) is 3.61. The predicted octanol–water partition coefficient (Wildman–Crippen LogP) is 0.952. The van der Waals surface area contributed by atoms with Crippen LogP contribution in [0.1, 0.15) is 19.3 Å². The van der Waals surface area contributed by atoms with Crippen LogP contribution in [-0.4, -0.2) is 46.0 Å². The van der Waals surface area contributed by atoms with E-state index in [0.29, 0.717) is 24.0 Å². The van der Waals surface area contributed by atoms with Crippen LogP contribution < -0.4 is 5.56 Å². The number of rotatable bonds is 4. The standard InChI is InChI=1S/C17H19N3O4/c21-15(19-8-4-1-5-9-19)11-24-16(22)10-20-12-18-14-7-3-2-6-13(14)17(20)23/h2-3,6-7,12H,1,4-5,8-11H2. The Kier molecular flexibility index (Phi) is 4.88. The van der Waals surface area contributed by atoms with Gasteiger partial charge in [0.2, 0.25) is 0 Å². The second-order valence-electron chi connectivity index (χ2n) is 5.80. The highest BCUT2D eigenvalue weighted by Gasteiger charge is 2.18.